The minimum Gasteiger partial charge on any atom is -0.376 e. The monoisotopic (exact) mass is 404 g/mol. The lowest BCUT2D eigenvalue weighted by molar-refractivity contribution is 0.125. The lowest BCUT2D eigenvalue weighted by atomic mass is 9.79. The van der Waals surface area contributed by atoms with E-state index in [1.54, 1.807) is 18.2 Å². The summed E-state index contributed by atoms with van der Waals surface area (Å²) in [5, 5.41) is 13.7. The van der Waals surface area contributed by atoms with Gasteiger partial charge >= 0.3 is 0 Å². The van der Waals surface area contributed by atoms with Crippen molar-refractivity contribution in [3.8, 4) is 0 Å². The van der Waals surface area contributed by atoms with Gasteiger partial charge in [-0.25, -0.2) is 0 Å². The second kappa shape index (κ2) is 7.25. The van der Waals surface area contributed by atoms with E-state index in [9.17, 15) is 5.11 Å². The number of halogens is 3. The standard InChI is InChI=1S/C22H19Cl3O/c1-13-4-16(10-19(23)7-13)22(26,17-5-14(2)8-20(24)11-17)18-6-15(3)9-21(25)12-18/h4-12,26H,1-3H3. The predicted molar refractivity (Wildman–Crippen MR) is 111 cm³/mol. The molecule has 0 spiro atoms. The van der Waals surface area contributed by atoms with Crippen LogP contribution in [0.15, 0.2) is 54.6 Å². The molecule has 0 bridgehead atoms. The molecule has 3 aromatic rings. The maximum Gasteiger partial charge on any atom is 0.140 e. The Labute approximate surface area is 169 Å². The van der Waals surface area contributed by atoms with Crippen molar-refractivity contribution < 1.29 is 5.11 Å². The van der Waals surface area contributed by atoms with Gasteiger partial charge in [-0.15, -0.1) is 0 Å². The van der Waals surface area contributed by atoms with E-state index in [2.05, 4.69) is 0 Å². The zero-order valence-corrected chi connectivity index (χ0v) is 17.0. The Bertz CT molecular complexity index is 793. The quantitative estimate of drug-likeness (QED) is 0.472. The first-order valence-corrected chi connectivity index (χ1v) is 9.37. The van der Waals surface area contributed by atoms with Gasteiger partial charge in [0, 0.05) is 15.1 Å². The number of rotatable bonds is 3. The van der Waals surface area contributed by atoms with Crippen molar-refractivity contribution in [3.05, 3.63) is 103 Å². The molecule has 0 aromatic heterocycles. The van der Waals surface area contributed by atoms with Crippen LogP contribution in [0.2, 0.25) is 15.1 Å². The highest BCUT2D eigenvalue weighted by atomic mass is 35.5. The summed E-state index contributed by atoms with van der Waals surface area (Å²) in [6.07, 6.45) is 0. The molecule has 0 saturated carbocycles. The highest BCUT2D eigenvalue weighted by molar-refractivity contribution is 6.31. The Hall–Kier alpha value is -1.51. The van der Waals surface area contributed by atoms with Crippen LogP contribution in [0.5, 0.6) is 0 Å². The van der Waals surface area contributed by atoms with Crippen molar-refractivity contribution in [1.29, 1.82) is 0 Å². The Morgan fingerprint density at radius 2 is 0.808 bits per heavy atom. The molecule has 0 radical (unpaired) electrons. The molecule has 3 aromatic carbocycles. The summed E-state index contributed by atoms with van der Waals surface area (Å²) in [6.45, 7) is 5.84. The average molecular weight is 406 g/mol. The minimum absolute atomic E-state index is 0.566. The van der Waals surface area contributed by atoms with Gasteiger partial charge in [-0.1, -0.05) is 53.0 Å². The first-order chi connectivity index (χ1) is 12.2. The van der Waals surface area contributed by atoms with E-state index in [0.29, 0.717) is 31.8 Å². The molecule has 1 nitrogen and oxygen atoms in total. The van der Waals surface area contributed by atoms with Gasteiger partial charge in [0.05, 0.1) is 0 Å². The van der Waals surface area contributed by atoms with E-state index >= 15 is 0 Å². The van der Waals surface area contributed by atoms with Crippen LogP contribution in [-0.4, -0.2) is 5.11 Å². The first-order valence-electron chi connectivity index (χ1n) is 8.24. The van der Waals surface area contributed by atoms with Crippen LogP contribution < -0.4 is 0 Å². The smallest absolute Gasteiger partial charge is 0.140 e. The van der Waals surface area contributed by atoms with Gasteiger partial charge in [0.1, 0.15) is 5.60 Å². The molecule has 0 atom stereocenters. The lowest BCUT2D eigenvalue weighted by Crippen LogP contribution is -2.29. The first kappa shape index (κ1) is 19.3. The number of hydrogen-bond acceptors (Lipinski definition) is 1. The predicted octanol–water partition coefficient (Wildman–Crippen LogP) is 6.86. The summed E-state index contributed by atoms with van der Waals surface area (Å²) in [5.74, 6) is 0. The summed E-state index contributed by atoms with van der Waals surface area (Å²) >= 11 is 18.9. The third-order valence-electron chi connectivity index (χ3n) is 4.38. The molecule has 0 unspecified atom stereocenters. The third-order valence-corrected chi connectivity index (χ3v) is 5.03. The van der Waals surface area contributed by atoms with Gasteiger partial charge in [-0.05, 0) is 90.6 Å². The molecule has 3 rings (SSSR count). The molecule has 0 saturated heterocycles. The van der Waals surface area contributed by atoms with Gasteiger partial charge < -0.3 is 5.11 Å². The van der Waals surface area contributed by atoms with E-state index in [1.807, 2.05) is 57.2 Å². The maximum atomic E-state index is 12.0. The number of benzene rings is 3. The fourth-order valence-corrected chi connectivity index (χ4v) is 4.20. The van der Waals surface area contributed by atoms with Crippen molar-refractivity contribution in [3.63, 3.8) is 0 Å². The Morgan fingerprint density at radius 3 is 1.04 bits per heavy atom. The van der Waals surface area contributed by atoms with Gasteiger partial charge in [0.15, 0.2) is 0 Å². The van der Waals surface area contributed by atoms with Crippen molar-refractivity contribution in [2.45, 2.75) is 26.4 Å². The Balaban J connectivity index is 2.38. The second-order valence-corrected chi connectivity index (χ2v) is 8.07. The van der Waals surface area contributed by atoms with Crippen LogP contribution in [0.25, 0.3) is 0 Å². The van der Waals surface area contributed by atoms with Crippen LogP contribution in [0.3, 0.4) is 0 Å². The Morgan fingerprint density at radius 1 is 0.538 bits per heavy atom. The van der Waals surface area contributed by atoms with Crippen molar-refractivity contribution in [1.82, 2.24) is 0 Å². The van der Waals surface area contributed by atoms with E-state index in [0.717, 1.165) is 16.7 Å². The second-order valence-electron chi connectivity index (χ2n) is 6.76. The van der Waals surface area contributed by atoms with Gasteiger partial charge in [-0.2, -0.15) is 0 Å². The van der Waals surface area contributed by atoms with Crippen molar-refractivity contribution in [2.24, 2.45) is 0 Å². The number of hydrogen-bond donors (Lipinski definition) is 1. The molecule has 134 valence electrons. The van der Waals surface area contributed by atoms with Gasteiger partial charge in [-0.3, -0.25) is 0 Å². The molecule has 0 aliphatic carbocycles. The topological polar surface area (TPSA) is 20.2 Å². The summed E-state index contributed by atoms with van der Waals surface area (Å²) in [7, 11) is 0. The molecule has 0 fully saturated rings. The fraction of sp³-hybridized carbons (Fsp3) is 0.182. The molecule has 0 aliphatic heterocycles. The molecule has 1 N–H and O–H groups in total. The summed E-state index contributed by atoms with van der Waals surface area (Å²) in [4.78, 5) is 0. The Kier molecular flexibility index (Phi) is 5.37. The van der Waals surface area contributed by atoms with Gasteiger partial charge in [0.2, 0.25) is 0 Å². The molecule has 4 heteroatoms. The molecular formula is C22H19Cl3O. The van der Waals surface area contributed by atoms with E-state index in [1.165, 1.54) is 0 Å². The van der Waals surface area contributed by atoms with Crippen molar-refractivity contribution >= 4 is 34.8 Å². The maximum absolute atomic E-state index is 12.0. The highest BCUT2D eigenvalue weighted by Gasteiger charge is 2.35. The molecule has 26 heavy (non-hydrogen) atoms. The average Bonchev–Trinajstić information content (AvgIpc) is 2.51. The molecule has 0 amide bonds. The lowest BCUT2D eigenvalue weighted by Gasteiger charge is -2.31. The largest absolute Gasteiger partial charge is 0.376 e. The van der Waals surface area contributed by atoms with Crippen LogP contribution in [0, 0.1) is 20.8 Å². The normalized spacial score (nSPS) is 11.7. The van der Waals surface area contributed by atoms with Crippen LogP contribution >= 0.6 is 34.8 Å². The molecular weight excluding hydrogens is 387 g/mol. The summed E-state index contributed by atoms with van der Waals surface area (Å²) in [5.41, 5.74) is 3.47. The van der Waals surface area contributed by atoms with E-state index in [-0.39, 0.29) is 0 Å². The summed E-state index contributed by atoms with van der Waals surface area (Å²) < 4.78 is 0. The number of aliphatic hydroxyl groups is 1. The zero-order chi connectivity index (χ0) is 19.1. The molecule has 0 heterocycles. The SMILES string of the molecule is Cc1cc(Cl)cc(C(O)(c2cc(C)cc(Cl)c2)c2cc(C)cc(Cl)c2)c1. The third kappa shape index (κ3) is 3.77. The molecule has 0 aliphatic rings. The number of aryl methyl sites for hydroxylation is 3. The minimum atomic E-state index is -1.43. The van der Waals surface area contributed by atoms with Crippen LogP contribution in [0.4, 0.5) is 0 Å². The zero-order valence-electron chi connectivity index (χ0n) is 14.8. The summed E-state index contributed by atoms with van der Waals surface area (Å²) in [6, 6.07) is 16.7. The van der Waals surface area contributed by atoms with E-state index < -0.39 is 5.60 Å². The van der Waals surface area contributed by atoms with Crippen molar-refractivity contribution in [2.75, 3.05) is 0 Å². The fourth-order valence-electron chi connectivity index (χ4n) is 3.34. The van der Waals surface area contributed by atoms with Crippen LogP contribution in [-0.2, 0) is 5.60 Å². The highest BCUT2D eigenvalue weighted by Crippen LogP contribution is 2.40. The van der Waals surface area contributed by atoms with Crippen LogP contribution in [0.1, 0.15) is 33.4 Å². The van der Waals surface area contributed by atoms with Gasteiger partial charge in [0.25, 0.3) is 0 Å². The van der Waals surface area contributed by atoms with E-state index in [4.69, 9.17) is 34.8 Å².